The van der Waals surface area contributed by atoms with E-state index in [1.807, 2.05) is 13.8 Å². The molecule has 0 N–H and O–H groups in total. The third-order valence-electron chi connectivity index (χ3n) is 1.86. The van der Waals surface area contributed by atoms with Crippen LogP contribution in [0, 0.1) is 5.92 Å². The Morgan fingerprint density at radius 2 is 1.75 bits per heavy atom. The summed E-state index contributed by atoms with van der Waals surface area (Å²) in [5.41, 5.74) is 0. The molecule has 0 spiro atoms. The van der Waals surface area contributed by atoms with Crippen LogP contribution in [-0.2, 0) is 9.59 Å². The van der Waals surface area contributed by atoms with Crippen molar-refractivity contribution >= 4 is 11.8 Å². The van der Waals surface area contributed by atoms with E-state index in [2.05, 4.69) is 0 Å². The molecule has 12 heavy (non-hydrogen) atoms. The lowest BCUT2D eigenvalue weighted by atomic mass is 10.1. The Morgan fingerprint density at radius 1 is 1.25 bits per heavy atom. The molecule has 1 rings (SSSR count). The molecule has 1 saturated heterocycles. The van der Waals surface area contributed by atoms with Crippen LogP contribution in [0.5, 0.6) is 0 Å². The highest BCUT2D eigenvalue weighted by Gasteiger charge is 2.25. The minimum absolute atomic E-state index is 0.0209. The number of imide groups is 1. The van der Waals surface area contributed by atoms with Crippen molar-refractivity contribution in [1.82, 2.24) is 4.90 Å². The van der Waals surface area contributed by atoms with Gasteiger partial charge in [0, 0.05) is 19.4 Å². The highest BCUT2D eigenvalue weighted by molar-refractivity contribution is 5.97. The molecule has 1 aliphatic heterocycles. The average molecular weight is 168 g/mol. The van der Waals surface area contributed by atoms with Crippen molar-refractivity contribution in [3.63, 3.8) is 0 Å². The molecule has 0 bridgehead atoms. The number of likely N-dealkylation sites (tertiary alicyclic amines) is 1. The number of carbonyl (C=O) groups is 2. The molecule has 0 unspecified atom stereocenters. The summed E-state index contributed by atoms with van der Waals surface area (Å²) in [6.45, 7) is 4.35. The number of piperidine rings is 1. The van der Waals surface area contributed by atoms with E-state index >= 15 is 0 Å². The lowest BCUT2D eigenvalue weighted by molar-refractivity contribution is -0.147. The molecule has 0 aromatic heterocycles. The quantitative estimate of drug-likeness (QED) is 0.580. The number of amides is 2. The van der Waals surface area contributed by atoms with Gasteiger partial charge in [0.15, 0.2) is 0 Å². The number of carbonyl (C=O) groups excluding carboxylic acids is 2. The van der Waals surface area contributed by atoms with Gasteiger partial charge in [-0.3, -0.25) is 14.5 Å². The van der Waals surface area contributed by atoms with Gasteiger partial charge >= 0.3 is 0 Å². The lowest BCUT2D eigenvalue weighted by Gasteiger charge is -2.25. The standard InChI is InChI=1S/C9H14NO2/c1-7(2)6-10-8(11)4-3-5-9(10)12/h3-6H2,1-2H3. The molecule has 67 valence electrons. The summed E-state index contributed by atoms with van der Waals surface area (Å²) >= 11 is 0. The van der Waals surface area contributed by atoms with E-state index < -0.39 is 0 Å². The maximum Gasteiger partial charge on any atom is 0.229 e. The van der Waals surface area contributed by atoms with Crippen LogP contribution in [0.25, 0.3) is 0 Å². The fraction of sp³-hybridized carbons (Fsp3) is 0.667. The molecular formula is C9H14NO2. The molecule has 0 atom stereocenters. The van der Waals surface area contributed by atoms with Crippen LogP contribution in [0.3, 0.4) is 0 Å². The van der Waals surface area contributed by atoms with Gasteiger partial charge in [0.05, 0.1) is 0 Å². The molecule has 3 heteroatoms. The summed E-state index contributed by atoms with van der Waals surface area (Å²) in [5.74, 6) is 1.05. The second-order valence-corrected chi connectivity index (χ2v) is 3.43. The van der Waals surface area contributed by atoms with Gasteiger partial charge in [0.25, 0.3) is 0 Å². The largest absolute Gasteiger partial charge is 0.282 e. The zero-order valence-corrected chi connectivity index (χ0v) is 7.59. The predicted octanol–water partition coefficient (Wildman–Crippen LogP) is 1.14. The molecule has 3 nitrogen and oxygen atoms in total. The van der Waals surface area contributed by atoms with E-state index in [0.29, 0.717) is 19.4 Å². The van der Waals surface area contributed by atoms with Gasteiger partial charge in [-0.2, -0.15) is 0 Å². The van der Waals surface area contributed by atoms with Crippen molar-refractivity contribution in [2.45, 2.75) is 33.1 Å². The van der Waals surface area contributed by atoms with Gasteiger partial charge in [0.1, 0.15) is 0 Å². The SMILES string of the molecule is C[C](C)CN1C(=O)CCCC1=O. The van der Waals surface area contributed by atoms with E-state index in [1.165, 1.54) is 4.90 Å². The fourth-order valence-electron chi connectivity index (χ4n) is 1.29. The van der Waals surface area contributed by atoms with Crippen LogP contribution in [0.1, 0.15) is 33.1 Å². The molecule has 1 heterocycles. The van der Waals surface area contributed by atoms with Crippen molar-refractivity contribution in [1.29, 1.82) is 0 Å². The summed E-state index contributed by atoms with van der Waals surface area (Å²) in [6.07, 6.45) is 1.77. The van der Waals surface area contributed by atoms with E-state index in [9.17, 15) is 9.59 Å². The monoisotopic (exact) mass is 168 g/mol. The number of nitrogens with zero attached hydrogens (tertiary/aromatic N) is 1. The Bertz CT molecular complexity index is 183. The minimum Gasteiger partial charge on any atom is -0.282 e. The van der Waals surface area contributed by atoms with Crippen molar-refractivity contribution in [2.24, 2.45) is 0 Å². The van der Waals surface area contributed by atoms with Gasteiger partial charge < -0.3 is 0 Å². The molecule has 0 saturated carbocycles. The van der Waals surface area contributed by atoms with Crippen molar-refractivity contribution in [3.05, 3.63) is 5.92 Å². The number of rotatable bonds is 2. The predicted molar refractivity (Wildman–Crippen MR) is 45.2 cm³/mol. The van der Waals surface area contributed by atoms with Crippen molar-refractivity contribution < 1.29 is 9.59 Å². The van der Waals surface area contributed by atoms with Crippen LogP contribution < -0.4 is 0 Å². The molecular weight excluding hydrogens is 154 g/mol. The summed E-state index contributed by atoms with van der Waals surface area (Å²) in [4.78, 5) is 23.8. The first kappa shape index (κ1) is 9.23. The van der Waals surface area contributed by atoms with Gasteiger partial charge in [0.2, 0.25) is 11.8 Å². The topological polar surface area (TPSA) is 37.4 Å². The third-order valence-corrected chi connectivity index (χ3v) is 1.86. The molecule has 1 aliphatic rings. The summed E-state index contributed by atoms with van der Waals surface area (Å²) in [6, 6.07) is 0. The highest BCUT2D eigenvalue weighted by Crippen LogP contribution is 2.14. The van der Waals surface area contributed by atoms with Crippen LogP contribution in [0.2, 0.25) is 0 Å². The van der Waals surface area contributed by atoms with Crippen LogP contribution >= 0.6 is 0 Å². The Labute approximate surface area is 72.7 Å². The summed E-state index contributed by atoms with van der Waals surface area (Å²) in [5, 5.41) is 0. The Balaban J connectivity index is 2.57. The second kappa shape index (κ2) is 3.70. The van der Waals surface area contributed by atoms with Crippen LogP contribution in [-0.4, -0.2) is 23.3 Å². The van der Waals surface area contributed by atoms with E-state index in [1.54, 1.807) is 0 Å². The molecule has 0 aromatic rings. The molecule has 1 fully saturated rings. The normalized spacial score (nSPS) is 19.1. The van der Waals surface area contributed by atoms with Crippen LogP contribution in [0.15, 0.2) is 0 Å². The fourth-order valence-corrected chi connectivity index (χ4v) is 1.29. The first-order valence-electron chi connectivity index (χ1n) is 4.23. The average Bonchev–Trinajstić information content (AvgIpc) is 1.97. The second-order valence-electron chi connectivity index (χ2n) is 3.43. The van der Waals surface area contributed by atoms with Crippen molar-refractivity contribution in [3.8, 4) is 0 Å². The highest BCUT2D eigenvalue weighted by atomic mass is 16.2. The number of hydrogen-bond donors (Lipinski definition) is 0. The van der Waals surface area contributed by atoms with Crippen LogP contribution in [0.4, 0.5) is 0 Å². The smallest absolute Gasteiger partial charge is 0.229 e. The van der Waals surface area contributed by atoms with E-state index in [4.69, 9.17) is 0 Å². The molecule has 0 aromatic carbocycles. The summed E-state index contributed by atoms with van der Waals surface area (Å²) < 4.78 is 0. The van der Waals surface area contributed by atoms with Gasteiger partial charge in [-0.15, -0.1) is 0 Å². The Hall–Kier alpha value is -0.860. The zero-order chi connectivity index (χ0) is 9.14. The third kappa shape index (κ3) is 2.06. The Morgan fingerprint density at radius 3 is 2.17 bits per heavy atom. The number of hydrogen-bond acceptors (Lipinski definition) is 2. The van der Waals surface area contributed by atoms with Gasteiger partial charge in [-0.1, -0.05) is 13.8 Å². The van der Waals surface area contributed by atoms with Gasteiger partial charge in [-0.05, 0) is 12.3 Å². The summed E-state index contributed by atoms with van der Waals surface area (Å²) in [7, 11) is 0. The zero-order valence-electron chi connectivity index (χ0n) is 7.59. The van der Waals surface area contributed by atoms with Crippen molar-refractivity contribution in [2.75, 3.05) is 6.54 Å². The first-order chi connectivity index (χ1) is 5.61. The lowest BCUT2D eigenvalue weighted by Crippen LogP contribution is -2.41. The minimum atomic E-state index is -0.0209. The maximum absolute atomic E-state index is 11.2. The molecule has 0 aliphatic carbocycles. The van der Waals surface area contributed by atoms with Gasteiger partial charge in [-0.25, -0.2) is 0 Å². The molecule has 1 radical (unpaired) electrons. The maximum atomic E-state index is 11.2. The Kier molecular flexibility index (Phi) is 2.84. The first-order valence-corrected chi connectivity index (χ1v) is 4.23. The van der Waals surface area contributed by atoms with E-state index in [0.717, 1.165) is 12.3 Å². The van der Waals surface area contributed by atoms with E-state index in [-0.39, 0.29) is 11.8 Å². The molecule has 2 amide bonds.